The molecule has 0 amide bonds. The van der Waals surface area contributed by atoms with Crippen molar-refractivity contribution in [1.29, 1.82) is 15.8 Å². The highest BCUT2D eigenvalue weighted by Gasteiger charge is 2.21. The van der Waals surface area contributed by atoms with Crippen LogP contribution in [0, 0.1) is 34.0 Å². The Kier molecular flexibility index (Phi) is 8.82. The zero-order valence-electron chi connectivity index (χ0n) is 27.9. The van der Waals surface area contributed by atoms with Crippen molar-refractivity contribution in [1.82, 2.24) is 19.5 Å². The highest BCUT2D eigenvalue weighted by molar-refractivity contribution is 6.10. The Bertz CT molecular complexity index is 2540. The highest BCUT2D eigenvalue weighted by Crippen LogP contribution is 2.39. The van der Waals surface area contributed by atoms with Gasteiger partial charge in [0.05, 0.1) is 51.6 Å². The maximum Gasteiger partial charge on any atom is 0.166 e. The quantitative estimate of drug-likeness (QED) is 0.182. The van der Waals surface area contributed by atoms with Crippen LogP contribution in [0.4, 0.5) is 0 Å². The number of fused-ring (bicyclic) bond motifs is 3. The number of hydrogen-bond donors (Lipinski definition) is 0. The number of nitriles is 3. The first-order valence-corrected chi connectivity index (χ1v) is 16.5. The first-order valence-electron chi connectivity index (χ1n) is 16.5. The molecule has 7 heteroatoms. The molecule has 0 N–H and O–H groups in total. The van der Waals surface area contributed by atoms with E-state index in [9.17, 15) is 15.8 Å². The molecule has 0 bridgehead atoms. The van der Waals surface area contributed by atoms with Crippen LogP contribution in [-0.4, -0.2) is 19.5 Å². The third kappa shape index (κ3) is 6.07. The van der Waals surface area contributed by atoms with E-state index in [1.54, 1.807) is 24.3 Å². The van der Waals surface area contributed by atoms with Crippen LogP contribution in [0.2, 0.25) is 0 Å². The summed E-state index contributed by atoms with van der Waals surface area (Å²) in [6.07, 6.45) is 0. The summed E-state index contributed by atoms with van der Waals surface area (Å²) in [6, 6.07) is 51.2. The van der Waals surface area contributed by atoms with Gasteiger partial charge in [-0.1, -0.05) is 92.7 Å². The molecule has 0 spiro atoms. The van der Waals surface area contributed by atoms with E-state index in [1.807, 2.05) is 123 Å². The smallest absolute Gasteiger partial charge is 0.166 e. The summed E-state index contributed by atoms with van der Waals surface area (Å²) >= 11 is 0. The molecule has 6 aromatic carbocycles. The maximum atomic E-state index is 9.77. The lowest BCUT2D eigenvalue weighted by atomic mass is 10.0. The zero-order valence-corrected chi connectivity index (χ0v) is 27.9. The first kappa shape index (κ1) is 32.2. The van der Waals surface area contributed by atoms with Crippen molar-refractivity contribution < 1.29 is 0 Å². The summed E-state index contributed by atoms with van der Waals surface area (Å²) in [5.74, 6) is 1.59. The second kappa shape index (κ2) is 14.0. The average molecular weight is 656 g/mol. The van der Waals surface area contributed by atoms with E-state index in [-0.39, 0.29) is 0 Å². The molecular weight excluding hydrogens is 627 g/mol. The van der Waals surface area contributed by atoms with Crippen molar-refractivity contribution in [2.75, 3.05) is 0 Å². The van der Waals surface area contributed by atoms with E-state index < -0.39 is 0 Å². The Balaban J connectivity index is 0.00000200. The largest absolute Gasteiger partial charge is 0.308 e. The summed E-state index contributed by atoms with van der Waals surface area (Å²) < 4.78 is 2.14. The van der Waals surface area contributed by atoms with Crippen LogP contribution in [-0.2, 0) is 0 Å². The number of aromatic nitrogens is 4. The van der Waals surface area contributed by atoms with Crippen LogP contribution in [0.15, 0.2) is 140 Å². The molecule has 2 heterocycles. The van der Waals surface area contributed by atoms with Gasteiger partial charge in [-0.2, -0.15) is 15.8 Å². The molecule has 8 rings (SSSR count). The van der Waals surface area contributed by atoms with Crippen molar-refractivity contribution in [3.63, 3.8) is 0 Å². The zero-order chi connectivity index (χ0) is 35.3. The number of hydrogen-bond acceptors (Lipinski definition) is 6. The van der Waals surface area contributed by atoms with Gasteiger partial charge in [0.2, 0.25) is 0 Å². The Morgan fingerprint density at radius 1 is 0.431 bits per heavy atom. The van der Waals surface area contributed by atoms with Gasteiger partial charge in [0.15, 0.2) is 17.5 Å². The molecule has 7 nitrogen and oxygen atoms in total. The molecule has 0 aliphatic carbocycles. The third-order valence-electron chi connectivity index (χ3n) is 8.55. The van der Waals surface area contributed by atoms with Crippen molar-refractivity contribution >= 4 is 21.8 Å². The Labute approximate surface area is 295 Å². The molecule has 0 unspecified atom stereocenters. The lowest BCUT2D eigenvalue weighted by Crippen LogP contribution is -2.04. The molecular formula is C44H29N7. The molecule has 0 fully saturated rings. The minimum Gasteiger partial charge on any atom is -0.308 e. The summed E-state index contributed by atoms with van der Waals surface area (Å²) in [6.45, 7) is 4.00. The summed E-state index contributed by atoms with van der Waals surface area (Å²) in [5, 5.41) is 30.7. The minimum absolute atomic E-state index is 0.492. The van der Waals surface area contributed by atoms with Gasteiger partial charge < -0.3 is 4.57 Å². The summed E-state index contributed by atoms with van der Waals surface area (Å²) in [5.41, 5.74) is 8.53. The Hall–Kier alpha value is -7.40. The van der Waals surface area contributed by atoms with E-state index in [1.165, 1.54) is 0 Å². The lowest BCUT2D eigenvalue weighted by molar-refractivity contribution is 1.06. The summed E-state index contributed by atoms with van der Waals surface area (Å²) in [4.78, 5) is 15.0. The normalized spacial score (nSPS) is 10.5. The van der Waals surface area contributed by atoms with Crippen LogP contribution in [0.1, 0.15) is 30.5 Å². The van der Waals surface area contributed by atoms with Crippen molar-refractivity contribution in [3.8, 4) is 69.2 Å². The van der Waals surface area contributed by atoms with Crippen LogP contribution >= 0.6 is 0 Å². The van der Waals surface area contributed by atoms with Gasteiger partial charge in [-0.15, -0.1) is 0 Å². The standard InChI is InChI=1S/C42H23N7.C2H6/c43-24-27-11-15-30(16-12-27)33-17-18-34(42-47-40(31-7-3-1-4-8-31)46-41(48-42)32-9-5-2-6-10-32)39(23-33)49-37-19-13-28(25-44)21-35(37)36-22-29(26-45)14-20-38(36)49;1-2/h1-23H;1-2H3. The molecule has 0 radical (unpaired) electrons. The van der Waals surface area contributed by atoms with Crippen LogP contribution in [0.25, 0.3) is 72.8 Å². The lowest BCUT2D eigenvalue weighted by Gasteiger charge is -2.16. The predicted octanol–water partition coefficient (Wildman–Crippen LogP) is 10.3. The van der Waals surface area contributed by atoms with Crippen molar-refractivity contribution in [2.45, 2.75) is 13.8 Å². The van der Waals surface area contributed by atoms with Gasteiger partial charge in [-0.3, -0.25) is 0 Å². The summed E-state index contributed by atoms with van der Waals surface area (Å²) in [7, 11) is 0. The van der Waals surface area contributed by atoms with Crippen molar-refractivity contribution in [3.05, 3.63) is 156 Å². The van der Waals surface area contributed by atoms with E-state index in [0.717, 1.165) is 55.3 Å². The number of benzene rings is 6. The van der Waals surface area contributed by atoms with Crippen LogP contribution in [0.5, 0.6) is 0 Å². The molecule has 51 heavy (non-hydrogen) atoms. The van der Waals surface area contributed by atoms with E-state index in [4.69, 9.17) is 15.0 Å². The highest BCUT2D eigenvalue weighted by atomic mass is 15.1. The Morgan fingerprint density at radius 3 is 1.37 bits per heavy atom. The number of rotatable bonds is 5. The van der Waals surface area contributed by atoms with Crippen molar-refractivity contribution in [2.24, 2.45) is 0 Å². The van der Waals surface area contributed by atoms with Gasteiger partial charge in [-0.05, 0) is 71.8 Å². The molecule has 8 aromatic rings. The van der Waals surface area contributed by atoms with Gasteiger partial charge in [0, 0.05) is 27.5 Å². The van der Waals surface area contributed by atoms with Gasteiger partial charge in [-0.25, -0.2) is 15.0 Å². The van der Waals surface area contributed by atoms with E-state index in [0.29, 0.717) is 34.2 Å². The topological polar surface area (TPSA) is 115 Å². The van der Waals surface area contributed by atoms with E-state index >= 15 is 0 Å². The van der Waals surface area contributed by atoms with Gasteiger partial charge >= 0.3 is 0 Å². The molecule has 0 aliphatic rings. The maximum absolute atomic E-state index is 9.77. The first-order chi connectivity index (χ1) is 25.1. The monoisotopic (exact) mass is 655 g/mol. The van der Waals surface area contributed by atoms with Crippen LogP contribution < -0.4 is 0 Å². The molecule has 0 atom stereocenters. The van der Waals surface area contributed by atoms with Gasteiger partial charge in [0.25, 0.3) is 0 Å². The second-order valence-corrected chi connectivity index (χ2v) is 11.5. The average Bonchev–Trinajstić information content (AvgIpc) is 3.54. The molecule has 0 saturated heterocycles. The van der Waals surface area contributed by atoms with Gasteiger partial charge in [0.1, 0.15) is 0 Å². The van der Waals surface area contributed by atoms with Crippen LogP contribution in [0.3, 0.4) is 0 Å². The molecule has 2 aromatic heterocycles. The molecule has 0 aliphatic heterocycles. The fourth-order valence-corrected chi connectivity index (χ4v) is 6.17. The fourth-order valence-electron chi connectivity index (χ4n) is 6.17. The van der Waals surface area contributed by atoms with E-state index in [2.05, 4.69) is 28.8 Å². The molecule has 0 saturated carbocycles. The minimum atomic E-state index is 0.492. The predicted molar refractivity (Wildman–Crippen MR) is 201 cm³/mol. The number of nitrogens with zero attached hydrogens (tertiary/aromatic N) is 7. The third-order valence-corrected chi connectivity index (χ3v) is 8.55. The second-order valence-electron chi connectivity index (χ2n) is 11.5. The Morgan fingerprint density at radius 2 is 0.882 bits per heavy atom. The fraction of sp³-hybridized carbons (Fsp3) is 0.0455. The molecule has 240 valence electrons. The SMILES string of the molecule is CC.N#Cc1ccc(-c2ccc(-c3nc(-c4ccccc4)nc(-c4ccccc4)n3)c(-n3c4ccc(C#N)cc4c4cc(C#N)ccc43)c2)cc1.